The Kier molecular flexibility index (Phi) is 5.75. The minimum Gasteiger partial charge on any atom is -0.478 e. The standard InChI is InChI=1S/C23H23O2P/c1-2-12-22(23(24)25)26(19-13-6-3-7-14-19,20-15-8-4-9-16-20)21-17-10-5-11-18-21/h3-11,13-18H,2,12H2,1H3,(H,24,25). The molecule has 0 spiro atoms. The molecule has 2 nitrogen and oxygen atoms in total. The van der Waals surface area contributed by atoms with E-state index in [4.69, 9.17) is 0 Å². The molecule has 0 unspecified atom stereocenters. The van der Waals surface area contributed by atoms with Crippen molar-refractivity contribution in [3.63, 3.8) is 0 Å². The largest absolute Gasteiger partial charge is 0.478 e. The molecule has 3 rings (SSSR count). The van der Waals surface area contributed by atoms with Gasteiger partial charge < -0.3 is 5.11 Å². The monoisotopic (exact) mass is 362 g/mol. The predicted octanol–water partition coefficient (Wildman–Crippen LogP) is 4.04. The number of hydrogen-bond donors (Lipinski definition) is 1. The van der Waals surface area contributed by atoms with Crippen molar-refractivity contribution < 1.29 is 9.90 Å². The Balaban J connectivity index is 2.56. The number of aliphatic carboxylic acids is 1. The molecule has 0 aliphatic carbocycles. The quantitative estimate of drug-likeness (QED) is 0.672. The molecule has 132 valence electrons. The van der Waals surface area contributed by atoms with E-state index in [1.54, 1.807) is 0 Å². The molecule has 1 N–H and O–H groups in total. The molecule has 0 saturated carbocycles. The molecule has 3 aromatic carbocycles. The highest BCUT2D eigenvalue weighted by Crippen LogP contribution is 2.47. The zero-order valence-electron chi connectivity index (χ0n) is 14.9. The van der Waals surface area contributed by atoms with Crippen molar-refractivity contribution in [1.29, 1.82) is 0 Å². The second kappa shape index (κ2) is 8.21. The van der Waals surface area contributed by atoms with E-state index >= 15 is 0 Å². The minimum absolute atomic E-state index is 0.571. The van der Waals surface area contributed by atoms with E-state index in [9.17, 15) is 9.90 Å². The van der Waals surface area contributed by atoms with Gasteiger partial charge >= 0.3 is 5.97 Å². The van der Waals surface area contributed by atoms with Gasteiger partial charge in [0.2, 0.25) is 0 Å². The van der Waals surface area contributed by atoms with Crippen LogP contribution in [0.4, 0.5) is 0 Å². The van der Waals surface area contributed by atoms with Gasteiger partial charge in [-0.15, -0.1) is 0 Å². The topological polar surface area (TPSA) is 37.3 Å². The molecule has 0 atom stereocenters. The van der Waals surface area contributed by atoms with Crippen LogP contribution in [0.15, 0.2) is 91.0 Å². The normalized spacial score (nSPS) is 11.1. The third-order valence-corrected chi connectivity index (χ3v) is 9.01. The van der Waals surface area contributed by atoms with Crippen LogP contribution >= 0.6 is 6.89 Å². The Bertz CT molecular complexity index is 813. The first-order chi connectivity index (χ1) is 12.7. The number of benzene rings is 3. The predicted molar refractivity (Wildman–Crippen MR) is 113 cm³/mol. The molecule has 0 aliphatic rings. The van der Waals surface area contributed by atoms with Crippen LogP contribution in [0.5, 0.6) is 0 Å². The highest BCUT2D eigenvalue weighted by molar-refractivity contribution is 7.96. The molecule has 3 aromatic rings. The van der Waals surface area contributed by atoms with Crippen LogP contribution in [0.1, 0.15) is 19.8 Å². The molecule has 26 heavy (non-hydrogen) atoms. The van der Waals surface area contributed by atoms with E-state index in [0.29, 0.717) is 11.7 Å². The summed E-state index contributed by atoms with van der Waals surface area (Å²) in [6.45, 7) is -0.379. The number of carboxylic acids is 1. The van der Waals surface area contributed by atoms with E-state index in [0.717, 1.165) is 22.3 Å². The fourth-order valence-electron chi connectivity index (χ4n) is 3.52. The first-order valence-corrected chi connectivity index (χ1v) is 10.7. The van der Waals surface area contributed by atoms with Gasteiger partial charge in [-0.2, -0.15) is 0 Å². The molecule has 3 heteroatoms. The molecule has 0 amide bonds. The van der Waals surface area contributed by atoms with Crippen molar-refractivity contribution in [2.24, 2.45) is 0 Å². The van der Waals surface area contributed by atoms with Crippen LogP contribution in [0, 0.1) is 0 Å². The van der Waals surface area contributed by atoms with Crippen molar-refractivity contribution in [3.05, 3.63) is 91.0 Å². The van der Waals surface area contributed by atoms with E-state index < -0.39 is 12.9 Å². The van der Waals surface area contributed by atoms with Gasteiger partial charge in [0, 0.05) is 5.29 Å². The summed E-state index contributed by atoms with van der Waals surface area (Å²) < 4.78 is 0. The van der Waals surface area contributed by atoms with Crippen molar-refractivity contribution >= 4 is 34.1 Å². The third-order valence-electron chi connectivity index (χ3n) is 4.57. The van der Waals surface area contributed by atoms with Crippen LogP contribution < -0.4 is 15.9 Å². The maximum Gasteiger partial charge on any atom is 0.332 e. The van der Waals surface area contributed by atoms with Gasteiger partial charge in [-0.25, -0.2) is 4.79 Å². The van der Waals surface area contributed by atoms with Crippen molar-refractivity contribution in [2.75, 3.05) is 0 Å². The lowest BCUT2D eigenvalue weighted by Crippen LogP contribution is -2.33. The van der Waals surface area contributed by atoms with Gasteiger partial charge in [0.25, 0.3) is 0 Å². The first-order valence-electron chi connectivity index (χ1n) is 8.86. The summed E-state index contributed by atoms with van der Waals surface area (Å²) >= 11 is 0. The third kappa shape index (κ3) is 3.25. The highest BCUT2D eigenvalue weighted by Gasteiger charge is 2.32. The van der Waals surface area contributed by atoms with Gasteiger partial charge in [0.1, 0.15) is 0 Å². The number of rotatable bonds is 6. The molecule has 0 radical (unpaired) electrons. The summed E-state index contributed by atoms with van der Waals surface area (Å²) in [6.07, 6.45) is 1.37. The molecule has 0 heterocycles. The van der Waals surface area contributed by atoms with Gasteiger partial charge in [0.15, 0.2) is 0 Å². The Morgan fingerprint density at radius 2 is 1.08 bits per heavy atom. The van der Waals surface area contributed by atoms with E-state index in [-0.39, 0.29) is 0 Å². The number of carboxylic acid groups (broad SMARTS) is 1. The molecule has 0 fully saturated rings. The molecule has 0 bridgehead atoms. The molecule has 0 aromatic heterocycles. The minimum atomic E-state index is -2.42. The summed E-state index contributed by atoms with van der Waals surface area (Å²) in [7, 11) is 0. The Morgan fingerprint density at radius 3 is 1.35 bits per heavy atom. The lowest BCUT2D eigenvalue weighted by Gasteiger charge is -2.31. The van der Waals surface area contributed by atoms with Crippen LogP contribution in [0.3, 0.4) is 0 Å². The van der Waals surface area contributed by atoms with Crippen molar-refractivity contribution in [1.82, 2.24) is 0 Å². The molecular formula is C23H23O2P. The first kappa shape index (κ1) is 18.2. The average Bonchev–Trinajstić information content (AvgIpc) is 2.70. The van der Waals surface area contributed by atoms with E-state index in [1.165, 1.54) is 0 Å². The maximum absolute atomic E-state index is 12.4. The molecular weight excluding hydrogens is 339 g/mol. The van der Waals surface area contributed by atoms with Crippen molar-refractivity contribution in [3.8, 4) is 0 Å². The number of carbonyl (C=O) groups is 1. The zero-order chi connectivity index (χ0) is 18.4. The van der Waals surface area contributed by atoms with Gasteiger partial charge in [-0.3, -0.25) is 0 Å². The molecule has 0 saturated heterocycles. The Morgan fingerprint density at radius 1 is 0.731 bits per heavy atom. The zero-order valence-corrected chi connectivity index (χ0v) is 15.8. The summed E-state index contributed by atoms with van der Waals surface area (Å²) in [5, 5.41) is 14.1. The van der Waals surface area contributed by atoms with Crippen LogP contribution in [-0.2, 0) is 4.79 Å². The lowest BCUT2D eigenvalue weighted by molar-refractivity contribution is -0.129. The van der Waals surface area contributed by atoms with Crippen LogP contribution in [-0.4, -0.2) is 16.4 Å². The van der Waals surface area contributed by atoms with E-state index in [1.807, 2.05) is 61.5 Å². The Labute approximate surface area is 155 Å². The van der Waals surface area contributed by atoms with Crippen LogP contribution in [0.25, 0.3) is 0 Å². The lowest BCUT2D eigenvalue weighted by atomic mass is 10.2. The summed E-state index contributed by atoms with van der Waals surface area (Å²) in [6, 6.07) is 30.4. The summed E-state index contributed by atoms with van der Waals surface area (Å²) in [5.74, 6) is -0.795. The highest BCUT2D eigenvalue weighted by atomic mass is 31.2. The Hall–Kier alpha value is -2.57. The fourth-order valence-corrected chi connectivity index (χ4v) is 8.06. The fraction of sp³-hybridized carbons (Fsp3) is 0.130. The van der Waals surface area contributed by atoms with Crippen LogP contribution in [0.2, 0.25) is 0 Å². The second-order valence-corrected chi connectivity index (χ2v) is 9.61. The van der Waals surface area contributed by atoms with Gasteiger partial charge in [-0.1, -0.05) is 104 Å². The SMILES string of the molecule is CCCC(C(=O)O)=P(c1ccccc1)(c1ccccc1)c1ccccc1. The smallest absolute Gasteiger partial charge is 0.332 e. The van der Waals surface area contributed by atoms with Crippen molar-refractivity contribution in [2.45, 2.75) is 19.8 Å². The number of hydrogen-bond acceptors (Lipinski definition) is 1. The average molecular weight is 362 g/mol. The van der Waals surface area contributed by atoms with E-state index in [2.05, 4.69) is 36.4 Å². The second-order valence-electron chi connectivity index (χ2n) is 6.18. The summed E-state index contributed by atoms with van der Waals surface area (Å²) in [5.41, 5.74) is 0. The van der Waals surface area contributed by atoms with Gasteiger partial charge in [-0.05, 0) is 29.2 Å². The maximum atomic E-state index is 12.4. The van der Waals surface area contributed by atoms with Gasteiger partial charge in [0.05, 0.1) is 0 Å². The molecule has 0 aliphatic heterocycles. The summed E-state index contributed by atoms with van der Waals surface area (Å²) in [4.78, 5) is 12.4.